The topological polar surface area (TPSA) is 58.5 Å². The van der Waals surface area contributed by atoms with Gasteiger partial charge in [0.05, 0.1) is 23.8 Å². The Labute approximate surface area is 177 Å². The smallest absolute Gasteiger partial charge is 0.191 e. The molecular weight excluding hydrogens is 459 g/mol. The molecule has 0 aliphatic heterocycles. The van der Waals surface area contributed by atoms with Gasteiger partial charge in [0, 0.05) is 11.9 Å². The van der Waals surface area contributed by atoms with E-state index >= 15 is 0 Å². The van der Waals surface area contributed by atoms with Crippen LogP contribution in [0.15, 0.2) is 29.3 Å². The quantitative estimate of drug-likeness (QED) is 0.265. The number of thiazole rings is 1. The molecule has 1 aromatic heterocycles. The van der Waals surface area contributed by atoms with Crippen LogP contribution in [0.5, 0.6) is 5.75 Å². The minimum absolute atomic E-state index is 0. The van der Waals surface area contributed by atoms with E-state index in [0.29, 0.717) is 19.1 Å². The largest absolute Gasteiger partial charge is 0.491 e. The highest BCUT2D eigenvalue weighted by Gasteiger charge is 2.07. The highest BCUT2D eigenvalue weighted by Crippen LogP contribution is 2.25. The molecule has 0 aliphatic carbocycles. The zero-order valence-electron chi connectivity index (χ0n) is 16.1. The summed E-state index contributed by atoms with van der Waals surface area (Å²) >= 11 is 1.72. The molecule has 0 spiro atoms. The van der Waals surface area contributed by atoms with Crippen molar-refractivity contribution >= 4 is 41.3 Å². The van der Waals surface area contributed by atoms with Crippen molar-refractivity contribution in [3.63, 3.8) is 0 Å². The molecule has 0 unspecified atom stereocenters. The monoisotopic (exact) mass is 488 g/mol. The third-order valence-electron chi connectivity index (χ3n) is 3.83. The molecule has 2 rings (SSSR count). The van der Waals surface area contributed by atoms with E-state index in [0.717, 1.165) is 29.0 Å². The van der Waals surface area contributed by atoms with Crippen molar-refractivity contribution < 1.29 is 4.74 Å². The molecule has 1 aromatic carbocycles. The Morgan fingerprint density at radius 2 is 1.96 bits per heavy atom. The molecular formula is C19H29IN4OS. The van der Waals surface area contributed by atoms with E-state index in [9.17, 15) is 0 Å². The first-order chi connectivity index (χ1) is 12.0. The van der Waals surface area contributed by atoms with Crippen LogP contribution in [-0.4, -0.2) is 31.1 Å². The van der Waals surface area contributed by atoms with Crippen molar-refractivity contribution in [2.75, 3.05) is 20.2 Å². The highest BCUT2D eigenvalue weighted by atomic mass is 127. The Balaban J connectivity index is 0.00000338. The lowest BCUT2D eigenvalue weighted by Gasteiger charge is -2.15. The summed E-state index contributed by atoms with van der Waals surface area (Å²) in [5.41, 5.74) is 2.32. The number of guanidine groups is 1. The number of nitrogens with zero attached hydrogens (tertiary/aromatic N) is 2. The molecule has 144 valence electrons. The molecule has 0 bridgehead atoms. The molecule has 0 radical (unpaired) electrons. The van der Waals surface area contributed by atoms with Crippen molar-refractivity contribution in [1.82, 2.24) is 15.6 Å². The van der Waals surface area contributed by atoms with Gasteiger partial charge in [-0.2, -0.15) is 0 Å². The van der Waals surface area contributed by atoms with Gasteiger partial charge >= 0.3 is 0 Å². The summed E-state index contributed by atoms with van der Waals surface area (Å²) < 4.78 is 5.93. The Kier molecular flexibility index (Phi) is 9.93. The van der Waals surface area contributed by atoms with E-state index < -0.39 is 0 Å². The number of ether oxygens (including phenoxy) is 1. The summed E-state index contributed by atoms with van der Waals surface area (Å²) in [6.07, 6.45) is 0. The molecule has 0 amide bonds. The molecule has 0 fully saturated rings. The van der Waals surface area contributed by atoms with E-state index in [1.54, 1.807) is 18.4 Å². The van der Waals surface area contributed by atoms with Crippen LogP contribution in [0.3, 0.4) is 0 Å². The molecule has 5 nitrogen and oxygen atoms in total. The number of para-hydroxylation sites is 1. The summed E-state index contributed by atoms with van der Waals surface area (Å²) in [5, 5.41) is 7.70. The van der Waals surface area contributed by atoms with Crippen LogP contribution in [0.2, 0.25) is 0 Å². The zero-order valence-corrected chi connectivity index (χ0v) is 19.3. The first-order valence-corrected chi connectivity index (χ1v) is 9.42. The highest BCUT2D eigenvalue weighted by molar-refractivity contribution is 14.0. The molecule has 1 heterocycles. The second-order valence-electron chi connectivity index (χ2n) is 6.14. The molecule has 0 aliphatic rings. The molecule has 0 saturated heterocycles. The maximum Gasteiger partial charge on any atom is 0.191 e. The van der Waals surface area contributed by atoms with Crippen LogP contribution in [0.1, 0.15) is 40.9 Å². The lowest BCUT2D eigenvalue weighted by atomic mass is 10.0. The van der Waals surface area contributed by atoms with Crippen molar-refractivity contribution in [2.24, 2.45) is 4.99 Å². The predicted molar refractivity (Wildman–Crippen MR) is 121 cm³/mol. The lowest BCUT2D eigenvalue weighted by Crippen LogP contribution is -2.38. The standard InChI is InChI=1S/C19H28N4OS.HI/c1-13(2)16-8-6-7-9-17(16)24-11-10-21-19(20-5)22-12-18-14(3)23-15(4)25-18;/h6-9,13H,10-12H2,1-5H3,(H2,20,21,22);1H. The number of aliphatic imine (C=N–C) groups is 1. The average Bonchev–Trinajstić information content (AvgIpc) is 2.92. The number of aromatic nitrogens is 1. The second-order valence-corrected chi connectivity index (χ2v) is 7.42. The van der Waals surface area contributed by atoms with Gasteiger partial charge in [-0.15, -0.1) is 35.3 Å². The van der Waals surface area contributed by atoms with E-state index in [1.165, 1.54) is 10.4 Å². The fraction of sp³-hybridized carbons (Fsp3) is 0.474. The maximum atomic E-state index is 5.93. The maximum absolute atomic E-state index is 5.93. The molecule has 26 heavy (non-hydrogen) atoms. The van der Waals surface area contributed by atoms with Gasteiger partial charge in [0.2, 0.25) is 0 Å². The van der Waals surface area contributed by atoms with E-state index in [1.807, 2.05) is 26.0 Å². The van der Waals surface area contributed by atoms with Gasteiger partial charge in [-0.05, 0) is 31.4 Å². The average molecular weight is 488 g/mol. The third kappa shape index (κ3) is 6.75. The van der Waals surface area contributed by atoms with E-state index in [-0.39, 0.29) is 24.0 Å². The number of aryl methyl sites for hydroxylation is 2. The van der Waals surface area contributed by atoms with E-state index in [2.05, 4.69) is 46.6 Å². The van der Waals surface area contributed by atoms with Crippen molar-refractivity contribution in [3.05, 3.63) is 45.4 Å². The number of hydrogen-bond donors (Lipinski definition) is 2. The second kappa shape index (κ2) is 11.4. The fourth-order valence-corrected chi connectivity index (χ4v) is 3.42. The summed E-state index contributed by atoms with van der Waals surface area (Å²) in [6.45, 7) is 10.4. The predicted octanol–water partition coefficient (Wildman–Crippen LogP) is 4.25. The third-order valence-corrected chi connectivity index (χ3v) is 4.91. The summed E-state index contributed by atoms with van der Waals surface area (Å²) in [4.78, 5) is 9.94. The van der Waals surface area contributed by atoms with Gasteiger partial charge in [0.1, 0.15) is 12.4 Å². The number of hydrogen-bond acceptors (Lipinski definition) is 4. The van der Waals surface area contributed by atoms with Gasteiger partial charge in [0.15, 0.2) is 5.96 Å². The van der Waals surface area contributed by atoms with Crippen LogP contribution < -0.4 is 15.4 Å². The Hall–Kier alpha value is -1.35. The Morgan fingerprint density at radius 1 is 1.23 bits per heavy atom. The van der Waals surface area contributed by atoms with Gasteiger partial charge in [-0.25, -0.2) is 4.98 Å². The summed E-state index contributed by atoms with van der Waals surface area (Å²) in [5.74, 6) is 2.17. The number of rotatable bonds is 7. The first kappa shape index (κ1) is 22.7. The van der Waals surface area contributed by atoms with Crippen LogP contribution in [0.4, 0.5) is 0 Å². The number of benzene rings is 1. The zero-order chi connectivity index (χ0) is 18.2. The first-order valence-electron chi connectivity index (χ1n) is 8.60. The lowest BCUT2D eigenvalue weighted by molar-refractivity contribution is 0.317. The minimum atomic E-state index is 0. The molecule has 0 saturated carbocycles. The van der Waals surface area contributed by atoms with Crippen molar-refractivity contribution in [2.45, 2.75) is 40.2 Å². The van der Waals surface area contributed by atoms with Gasteiger partial charge in [-0.3, -0.25) is 4.99 Å². The van der Waals surface area contributed by atoms with Gasteiger partial charge in [0.25, 0.3) is 0 Å². The van der Waals surface area contributed by atoms with Crippen LogP contribution >= 0.6 is 35.3 Å². The molecule has 7 heteroatoms. The Morgan fingerprint density at radius 3 is 2.58 bits per heavy atom. The van der Waals surface area contributed by atoms with Crippen LogP contribution in [0.25, 0.3) is 0 Å². The number of halogens is 1. The van der Waals surface area contributed by atoms with Crippen molar-refractivity contribution in [3.8, 4) is 5.75 Å². The molecule has 0 atom stereocenters. The normalized spacial score (nSPS) is 11.2. The van der Waals surface area contributed by atoms with Gasteiger partial charge < -0.3 is 15.4 Å². The fourth-order valence-electron chi connectivity index (χ4n) is 2.54. The van der Waals surface area contributed by atoms with Crippen LogP contribution in [0, 0.1) is 13.8 Å². The summed E-state index contributed by atoms with van der Waals surface area (Å²) in [6, 6.07) is 8.20. The SMILES string of the molecule is CN=C(NCCOc1ccccc1C(C)C)NCc1sc(C)nc1C.I. The molecule has 2 aromatic rings. The van der Waals surface area contributed by atoms with Crippen molar-refractivity contribution in [1.29, 1.82) is 0 Å². The summed E-state index contributed by atoms with van der Waals surface area (Å²) in [7, 11) is 1.77. The van der Waals surface area contributed by atoms with Gasteiger partial charge in [-0.1, -0.05) is 32.0 Å². The van der Waals surface area contributed by atoms with Crippen LogP contribution in [-0.2, 0) is 6.54 Å². The molecule has 2 N–H and O–H groups in total. The minimum Gasteiger partial charge on any atom is -0.491 e. The van der Waals surface area contributed by atoms with E-state index in [4.69, 9.17) is 4.74 Å². The Bertz CT molecular complexity index is 715. The number of nitrogens with one attached hydrogen (secondary N) is 2.